The SMILES string of the molecule is C=CCn1c(SCCC(=O)OC)nc2sc3c(c2c1=O)CC[C@@H](C)C3. The molecule has 5 nitrogen and oxygen atoms in total. The summed E-state index contributed by atoms with van der Waals surface area (Å²) in [5, 5.41) is 1.43. The summed E-state index contributed by atoms with van der Waals surface area (Å²) in [6.45, 7) is 6.43. The molecule has 2 heterocycles. The van der Waals surface area contributed by atoms with Crippen LogP contribution in [0.15, 0.2) is 22.6 Å². The van der Waals surface area contributed by atoms with E-state index in [9.17, 15) is 9.59 Å². The molecule has 0 N–H and O–H groups in total. The maximum absolute atomic E-state index is 13.1. The minimum Gasteiger partial charge on any atom is -0.469 e. The van der Waals surface area contributed by atoms with Crippen LogP contribution in [-0.2, 0) is 28.9 Å². The molecule has 0 bridgehead atoms. The van der Waals surface area contributed by atoms with E-state index in [1.54, 1.807) is 22.0 Å². The van der Waals surface area contributed by atoms with Crippen LogP contribution in [0.3, 0.4) is 0 Å². The number of ether oxygens (including phenoxy) is 1. The van der Waals surface area contributed by atoms with Gasteiger partial charge in [-0.15, -0.1) is 17.9 Å². The predicted octanol–water partition coefficient (Wildman–Crippen LogP) is 3.42. The van der Waals surface area contributed by atoms with Gasteiger partial charge >= 0.3 is 5.97 Å². The summed E-state index contributed by atoms with van der Waals surface area (Å²) in [5.74, 6) is 0.931. The quantitative estimate of drug-likeness (QED) is 0.334. The first kappa shape index (κ1) is 18.2. The Bertz CT molecular complexity index is 869. The number of nitrogens with zero attached hydrogens (tertiary/aromatic N) is 2. The van der Waals surface area contributed by atoms with Crippen molar-refractivity contribution < 1.29 is 9.53 Å². The van der Waals surface area contributed by atoms with E-state index in [0.29, 0.717) is 29.8 Å². The molecule has 0 fully saturated rings. The van der Waals surface area contributed by atoms with Crippen LogP contribution in [0.2, 0.25) is 0 Å². The van der Waals surface area contributed by atoms with E-state index in [1.807, 2.05) is 0 Å². The molecule has 2 aromatic rings. The Balaban J connectivity index is 2.01. The highest BCUT2D eigenvalue weighted by Crippen LogP contribution is 2.36. The van der Waals surface area contributed by atoms with Crippen molar-refractivity contribution >= 4 is 39.3 Å². The van der Waals surface area contributed by atoms with Crippen molar-refractivity contribution in [1.82, 2.24) is 9.55 Å². The third-order valence-corrected chi connectivity index (χ3v) is 6.58. The first-order valence-corrected chi connectivity index (χ1v) is 10.2. The minimum atomic E-state index is -0.258. The molecular weight excluding hydrogens is 356 g/mol. The van der Waals surface area contributed by atoms with Gasteiger partial charge in [-0.25, -0.2) is 4.98 Å². The third kappa shape index (κ3) is 3.67. The Morgan fingerprint density at radius 2 is 2.36 bits per heavy atom. The smallest absolute Gasteiger partial charge is 0.306 e. The Morgan fingerprint density at radius 1 is 1.56 bits per heavy atom. The molecule has 0 amide bonds. The summed E-state index contributed by atoms with van der Waals surface area (Å²) in [7, 11) is 1.38. The largest absolute Gasteiger partial charge is 0.469 e. The van der Waals surface area contributed by atoms with E-state index in [2.05, 4.69) is 18.2 Å². The van der Waals surface area contributed by atoms with E-state index in [0.717, 1.165) is 29.5 Å². The van der Waals surface area contributed by atoms with Crippen LogP contribution in [0.5, 0.6) is 0 Å². The monoisotopic (exact) mass is 378 g/mol. The number of aromatic nitrogens is 2. The number of esters is 1. The minimum absolute atomic E-state index is 0.0116. The highest BCUT2D eigenvalue weighted by molar-refractivity contribution is 7.99. The van der Waals surface area contributed by atoms with Gasteiger partial charge in [-0.1, -0.05) is 24.8 Å². The molecule has 2 aromatic heterocycles. The lowest BCUT2D eigenvalue weighted by molar-refractivity contribution is -0.140. The number of fused-ring (bicyclic) bond motifs is 3. The van der Waals surface area contributed by atoms with Crippen molar-refractivity contribution in [2.75, 3.05) is 12.9 Å². The molecule has 134 valence electrons. The molecule has 0 unspecified atom stereocenters. The van der Waals surface area contributed by atoms with E-state index in [1.165, 1.54) is 29.3 Å². The second kappa shape index (κ2) is 7.74. The second-order valence-electron chi connectivity index (χ2n) is 6.31. The van der Waals surface area contributed by atoms with E-state index < -0.39 is 0 Å². The summed E-state index contributed by atoms with van der Waals surface area (Å²) in [6.07, 6.45) is 5.11. The van der Waals surface area contributed by atoms with Gasteiger partial charge in [0.1, 0.15) is 4.83 Å². The van der Waals surface area contributed by atoms with Crippen molar-refractivity contribution in [3.05, 3.63) is 33.4 Å². The molecule has 25 heavy (non-hydrogen) atoms. The maximum atomic E-state index is 13.1. The van der Waals surface area contributed by atoms with Crippen molar-refractivity contribution in [3.63, 3.8) is 0 Å². The summed E-state index contributed by atoms with van der Waals surface area (Å²) in [6, 6.07) is 0. The number of allylic oxidation sites excluding steroid dienone is 1. The van der Waals surface area contributed by atoms with Gasteiger partial charge in [0.25, 0.3) is 5.56 Å². The zero-order valence-electron chi connectivity index (χ0n) is 14.5. The number of rotatable bonds is 6. The molecule has 1 aliphatic rings. The predicted molar refractivity (Wildman–Crippen MR) is 103 cm³/mol. The number of carbonyl (C=O) groups is 1. The van der Waals surface area contributed by atoms with Crippen LogP contribution in [0.4, 0.5) is 0 Å². The first-order valence-electron chi connectivity index (χ1n) is 8.40. The standard InChI is InChI=1S/C18H22N2O3S2/c1-4-8-20-17(22)15-12-6-5-11(2)10-13(12)25-16(15)19-18(20)24-9-7-14(21)23-3/h4,11H,1,5-10H2,2-3H3/t11-/m1/s1. The zero-order valence-corrected chi connectivity index (χ0v) is 16.2. The second-order valence-corrected chi connectivity index (χ2v) is 8.45. The number of hydrogen-bond acceptors (Lipinski definition) is 6. The van der Waals surface area contributed by atoms with E-state index in [4.69, 9.17) is 4.98 Å². The van der Waals surface area contributed by atoms with Crippen molar-refractivity contribution in [3.8, 4) is 0 Å². The molecule has 3 rings (SSSR count). The van der Waals surface area contributed by atoms with E-state index in [-0.39, 0.29) is 11.5 Å². The van der Waals surface area contributed by atoms with Gasteiger partial charge in [0.15, 0.2) is 5.16 Å². The molecule has 1 aliphatic carbocycles. The molecule has 1 atom stereocenters. The number of hydrogen-bond donors (Lipinski definition) is 0. The summed E-state index contributed by atoms with van der Waals surface area (Å²) in [5.41, 5.74) is 1.21. The number of thiophene rings is 1. The lowest BCUT2D eigenvalue weighted by atomic mass is 9.89. The van der Waals surface area contributed by atoms with Gasteiger partial charge in [0.05, 0.1) is 18.9 Å². The van der Waals surface area contributed by atoms with Gasteiger partial charge in [-0.3, -0.25) is 14.2 Å². The Labute approximate surface area is 155 Å². The number of thioether (sulfide) groups is 1. The molecular formula is C18H22N2O3S2. The van der Waals surface area contributed by atoms with Crippen LogP contribution >= 0.6 is 23.1 Å². The van der Waals surface area contributed by atoms with Crippen molar-refractivity contribution in [2.45, 2.75) is 44.3 Å². The Morgan fingerprint density at radius 3 is 3.08 bits per heavy atom. The fraction of sp³-hybridized carbons (Fsp3) is 0.500. The molecule has 0 radical (unpaired) electrons. The van der Waals surface area contributed by atoms with Gasteiger partial charge in [0.2, 0.25) is 0 Å². The number of carbonyl (C=O) groups excluding carboxylic acids is 1. The van der Waals surface area contributed by atoms with Crippen LogP contribution in [0.25, 0.3) is 10.2 Å². The summed E-state index contributed by atoms with van der Waals surface area (Å²) in [4.78, 5) is 31.3. The number of methoxy groups -OCH3 is 1. The van der Waals surface area contributed by atoms with Crippen LogP contribution in [0.1, 0.15) is 30.2 Å². The molecule has 0 aromatic carbocycles. The molecule has 0 aliphatic heterocycles. The molecule has 0 saturated carbocycles. The average Bonchev–Trinajstić information content (AvgIpc) is 2.95. The lowest BCUT2D eigenvalue weighted by Crippen LogP contribution is -2.23. The topological polar surface area (TPSA) is 61.2 Å². The Hall–Kier alpha value is -1.60. The molecule has 7 heteroatoms. The first-order chi connectivity index (χ1) is 12.0. The highest BCUT2D eigenvalue weighted by atomic mass is 32.2. The van der Waals surface area contributed by atoms with Crippen LogP contribution in [-0.4, -0.2) is 28.4 Å². The normalized spacial score (nSPS) is 16.6. The number of aryl methyl sites for hydroxylation is 1. The van der Waals surface area contributed by atoms with Gasteiger partial charge in [0, 0.05) is 17.2 Å². The zero-order chi connectivity index (χ0) is 18.0. The highest BCUT2D eigenvalue weighted by Gasteiger charge is 2.24. The summed E-state index contributed by atoms with van der Waals surface area (Å²) < 4.78 is 6.34. The van der Waals surface area contributed by atoms with Gasteiger partial charge < -0.3 is 4.74 Å². The lowest BCUT2D eigenvalue weighted by Gasteiger charge is -2.17. The average molecular weight is 379 g/mol. The van der Waals surface area contributed by atoms with Crippen molar-refractivity contribution in [1.29, 1.82) is 0 Å². The molecule has 0 spiro atoms. The van der Waals surface area contributed by atoms with Gasteiger partial charge in [-0.05, 0) is 30.7 Å². The molecule has 0 saturated heterocycles. The third-order valence-electron chi connectivity index (χ3n) is 4.46. The van der Waals surface area contributed by atoms with Crippen molar-refractivity contribution in [2.24, 2.45) is 5.92 Å². The summed E-state index contributed by atoms with van der Waals surface area (Å²) >= 11 is 3.06. The fourth-order valence-corrected chi connectivity index (χ4v) is 5.48. The Kier molecular flexibility index (Phi) is 5.64. The van der Waals surface area contributed by atoms with Crippen LogP contribution in [0, 0.1) is 5.92 Å². The van der Waals surface area contributed by atoms with Crippen LogP contribution < -0.4 is 5.56 Å². The fourth-order valence-electron chi connectivity index (χ4n) is 3.13. The van der Waals surface area contributed by atoms with Gasteiger partial charge in [-0.2, -0.15) is 0 Å². The maximum Gasteiger partial charge on any atom is 0.306 e. The van der Waals surface area contributed by atoms with E-state index >= 15 is 0 Å².